The number of nitrogens with two attached hydrogens (primary N) is 1. The topological polar surface area (TPSA) is 242 Å². The largest absolute Gasteiger partial charge is 0.480 e. The third-order valence-corrected chi connectivity index (χ3v) is 14.8. The van der Waals surface area contributed by atoms with Gasteiger partial charge in [-0.15, -0.1) is 22.7 Å². The van der Waals surface area contributed by atoms with Gasteiger partial charge in [0, 0.05) is 50.1 Å². The summed E-state index contributed by atoms with van der Waals surface area (Å²) in [7, 11) is 5.75. The van der Waals surface area contributed by atoms with Crippen LogP contribution in [0.4, 0.5) is 21.6 Å². The second-order valence-electron chi connectivity index (χ2n) is 16.8. The Morgan fingerprint density at radius 1 is 0.592 bits per heavy atom. The van der Waals surface area contributed by atoms with Crippen LogP contribution < -0.4 is 42.5 Å². The van der Waals surface area contributed by atoms with Crippen LogP contribution in [0.25, 0.3) is 44.8 Å². The van der Waals surface area contributed by atoms with Gasteiger partial charge >= 0.3 is 17.3 Å². The smallest absolute Gasteiger partial charge is 0.332 e. The molecule has 2 aromatic carbocycles. The van der Waals surface area contributed by atoms with Crippen LogP contribution >= 0.6 is 22.7 Å². The van der Waals surface area contributed by atoms with Crippen LogP contribution in [0.1, 0.15) is 41.5 Å². The normalized spacial score (nSPS) is 11.6. The van der Waals surface area contributed by atoms with Gasteiger partial charge in [-0.3, -0.25) is 46.4 Å². The molecular formula is C48H62N14O7S2+2. The van der Waals surface area contributed by atoms with Crippen molar-refractivity contribution in [2.45, 2.75) is 54.6 Å². The third-order valence-electron chi connectivity index (χ3n) is 13.4. The van der Waals surface area contributed by atoms with Crippen LogP contribution in [-0.4, -0.2) is 104 Å². The molecule has 6 aromatic heterocycles. The molecule has 4 N–H and O–H groups in total. The molecule has 23 heteroatoms. The van der Waals surface area contributed by atoms with Gasteiger partial charge in [0.05, 0.1) is 63.3 Å². The summed E-state index contributed by atoms with van der Waals surface area (Å²) in [6.07, 6.45) is 2.63. The van der Waals surface area contributed by atoms with E-state index in [-0.39, 0.29) is 41.3 Å². The Labute approximate surface area is 417 Å². The number of carboxylic acid groups (broad SMARTS) is 1. The average molecular weight is 1010 g/mol. The van der Waals surface area contributed by atoms with Gasteiger partial charge in [-0.1, -0.05) is 0 Å². The number of carbonyl (C=O) groups is 2. The highest BCUT2D eigenvalue weighted by molar-refractivity contribution is 7.14. The van der Waals surface area contributed by atoms with E-state index in [1.54, 1.807) is 0 Å². The van der Waals surface area contributed by atoms with Crippen LogP contribution in [0.15, 0.2) is 91.1 Å². The molecule has 0 saturated heterocycles. The fourth-order valence-electron chi connectivity index (χ4n) is 8.71. The van der Waals surface area contributed by atoms with Crippen molar-refractivity contribution in [2.75, 3.05) is 50.3 Å². The molecule has 376 valence electrons. The number of anilines is 2. The Hall–Kier alpha value is -7.34. The van der Waals surface area contributed by atoms with E-state index in [2.05, 4.69) is 115 Å². The highest BCUT2D eigenvalue weighted by atomic mass is 32.1. The van der Waals surface area contributed by atoms with Crippen molar-refractivity contribution in [3.8, 4) is 22.5 Å². The van der Waals surface area contributed by atoms with Gasteiger partial charge in [-0.05, 0) is 90.1 Å². The lowest BCUT2D eigenvalue weighted by Gasteiger charge is -2.35. The van der Waals surface area contributed by atoms with E-state index in [0.29, 0.717) is 10.3 Å². The first kappa shape index (κ1) is 53.0. The molecule has 0 saturated carbocycles. The second-order valence-corrected chi connectivity index (χ2v) is 18.6. The van der Waals surface area contributed by atoms with Crippen LogP contribution in [0.5, 0.6) is 0 Å². The van der Waals surface area contributed by atoms with E-state index in [1.807, 2.05) is 10.8 Å². The number of aliphatic carboxylic acids is 1. The van der Waals surface area contributed by atoms with Gasteiger partial charge in [0.15, 0.2) is 32.6 Å². The van der Waals surface area contributed by atoms with E-state index >= 15 is 0 Å². The molecule has 1 amide bonds. The summed E-state index contributed by atoms with van der Waals surface area (Å²) in [6.45, 7) is 19.4. The third kappa shape index (κ3) is 10.7. The maximum Gasteiger partial charge on any atom is 0.332 e. The summed E-state index contributed by atoms with van der Waals surface area (Å²) in [4.78, 5) is 88.4. The number of amides is 1. The predicted molar refractivity (Wildman–Crippen MR) is 283 cm³/mol. The lowest BCUT2D eigenvalue weighted by molar-refractivity contribution is -0.137. The number of quaternary nitrogens is 2. The molecule has 0 aliphatic carbocycles. The Morgan fingerprint density at radius 2 is 0.986 bits per heavy atom. The lowest BCUT2D eigenvalue weighted by Crippen LogP contribution is -2.48. The van der Waals surface area contributed by atoms with E-state index in [9.17, 15) is 28.8 Å². The first-order valence-electron chi connectivity index (χ1n) is 23.2. The number of rotatable bonds is 15. The molecule has 0 radical (unpaired) electrons. The maximum atomic E-state index is 12.7. The summed E-state index contributed by atoms with van der Waals surface area (Å²) in [5, 5.41) is 16.5. The van der Waals surface area contributed by atoms with Crippen LogP contribution in [0, 0.1) is 0 Å². The minimum Gasteiger partial charge on any atom is -0.480 e. The number of nitrogens with zero attached hydrogens (tertiary/aromatic N) is 12. The summed E-state index contributed by atoms with van der Waals surface area (Å²) in [6, 6.07) is 17.2. The van der Waals surface area contributed by atoms with E-state index < -0.39 is 28.5 Å². The summed E-state index contributed by atoms with van der Waals surface area (Å²) in [5.41, 5.74) is 10.9. The van der Waals surface area contributed by atoms with Gasteiger partial charge in [-0.2, -0.15) is 0 Å². The molecule has 0 unspecified atom stereocenters. The molecule has 71 heavy (non-hydrogen) atoms. The van der Waals surface area contributed by atoms with Crippen molar-refractivity contribution < 1.29 is 14.7 Å². The first-order valence-corrected chi connectivity index (χ1v) is 24.9. The monoisotopic (exact) mass is 1010 g/mol. The molecule has 8 rings (SSSR count). The van der Waals surface area contributed by atoms with Gasteiger partial charge in [0.2, 0.25) is 5.91 Å². The highest BCUT2D eigenvalue weighted by Gasteiger charge is 2.26. The number of thiazole rings is 2. The Bertz CT molecular complexity index is 3400. The van der Waals surface area contributed by atoms with Crippen molar-refractivity contribution in [1.82, 2.24) is 56.3 Å². The Morgan fingerprint density at radius 3 is 1.37 bits per heavy atom. The van der Waals surface area contributed by atoms with Crippen molar-refractivity contribution in [2.24, 2.45) is 28.2 Å². The summed E-state index contributed by atoms with van der Waals surface area (Å²) >= 11 is 2.82. The zero-order valence-electron chi connectivity index (χ0n) is 41.7. The number of carboxylic acids is 1. The zero-order chi connectivity index (χ0) is 51.9. The van der Waals surface area contributed by atoms with E-state index in [0.717, 1.165) is 79.9 Å². The van der Waals surface area contributed by atoms with Crippen molar-refractivity contribution >= 4 is 78.5 Å². The number of carbonyl (C=O) groups excluding carboxylic acids is 1. The maximum absolute atomic E-state index is 12.7. The minimum atomic E-state index is -1.08. The number of fused-ring (bicyclic) bond motifs is 2. The lowest BCUT2D eigenvalue weighted by atomic mass is 10.1. The van der Waals surface area contributed by atoms with Crippen molar-refractivity contribution in [3.05, 3.63) is 114 Å². The second kappa shape index (κ2) is 22.2. The number of benzene rings is 2. The number of nitrogen functional groups attached to an aromatic ring is 1. The Kier molecular flexibility index (Phi) is 16.6. The van der Waals surface area contributed by atoms with Gasteiger partial charge in [0.25, 0.3) is 11.1 Å². The summed E-state index contributed by atoms with van der Waals surface area (Å²) < 4.78 is 9.02. The molecule has 0 bridgehead atoms. The fourth-order valence-corrected chi connectivity index (χ4v) is 10.0. The average Bonchev–Trinajstić information content (AvgIpc) is 4.21. The molecule has 21 nitrogen and oxygen atoms in total. The van der Waals surface area contributed by atoms with E-state index in [4.69, 9.17) is 10.8 Å². The quantitative estimate of drug-likeness (QED) is 0.117. The van der Waals surface area contributed by atoms with Gasteiger partial charge in [0.1, 0.15) is 24.5 Å². The molecule has 0 fully saturated rings. The number of hydrogen-bond acceptors (Lipinski definition) is 13. The van der Waals surface area contributed by atoms with Crippen LogP contribution in [-0.2, 0) is 50.9 Å². The number of aromatic nitrogens is 10. The van der Waals surface area contributed by atoms with E-state index in [1.165, 1.54) is 93.2 Å². The molecular weight excluding hydrogens is 949 g/mol. The Balaban J connectivity index is 0.000000193. The van der Waals surface area contributed by atoms with Gasteiger partial charge in [-0.25, -0.2) is 29.5 Å². The molecule has 0 atom stereocenters. The van der Waals surface area contributed by atoms with Crippen LogP contribution in [0.2, 0.25) is 0 Å². The number of imidazole rings is 2. The standard InChI is InChI=1S/C24H29N7O3S.C15H22N3S.C9H10N4O4/c1-6-31(7-2,8-3)17-11-9-16(10-12-17)18-14-35-23(26-18)27-19(32)13-30-15-25-21-20(30)22(33)29(5)24(34)28(21)4;1-4-18(5-2,6-3)13-9-7-12(8-10-13)14-11-19-15(16)17-14;1-11-7-6(8(16)12(2)9(11)17)13(4-10-7)3-5(14)15/h9-12,14-15H,6-8,13H2,1-5H3;7-11H,4-6H2,1-3H3,(H2,16,17);4H,3H2,1-2H3,(H,14,15)/q;+1;/p+1. The molecule has 6 heterocycles. The van der Waals surface area contributed by atoms with Crippen LogP contribution in [0.3, 0.4) is 0 Å². The number of aryl methyl sites for hydroxylation is 2. The zero-order valence-corrected chi connectivity index (χ0v) is 43.4. The number of nitrogens with one attached hydrogen (secondary N) is 1. The minimum absolute atomic E-state index is 0.108. The predicted octanol–water partition coefficient (Wildman–Crippen LogP) is 4.84. The summed E-state index contributed by atoms with van der Waals surface area (Å²) in [5.74, 6) is -1.42. The molecule has 8 aromatic rings. The molecule has 0 aliphatic rings. The molecule has 0 spiro atoms. The first-order chi connectivity index (χ1) is 33.8. The van der Waals surface area contributed by atoms with Crippen molar-refractivity contribution in [3.63, 3.8) is 0 Å². The van der Waals surface area contributed by atoms with Gasteiger partial charge < -0.3 is 25.3 Å². The number of hydrogen-bond donors (Lipinski definition) is 3. The SMILES string of the molecule is CC[N+](CC)(CC)c1ccc(-c2csc(N)n2)cc1.CC[N+](CC)(CC)c1ccc(-c2csc(NC(=O)Cn3cnc4c3c(=O)n(C)c(=O)n4C)n2)cc1.Cn1c(=O)c2c(ncn2CC(=O)O)n(C)c1=O. The highest BCUT2D eigenvalue weighted by Crippen LogP contribution is 2.30. The van der Waals surface area contributed by atoms with Crippen molar-refractivity contribution in [1.29, 1.82) is 0 Å². The fraction of sp³-hybridized carbons (Fsp3) is 0.375. The molecule has 0 aliphatic heterocycles.